The van der Waals surface area contributed by atoms with Gasteiger partial charge in [0.25, 0.3) is 0 Å². The van der Waals surface area contributed by atoms with E-state index in [1.54, 1.807) is 0 Å². The molecule has 1 aliphatic rings. The summed E-state index contributed by atoms with van der Waals surface area (Å²) in [5, 5.41) is 5.35. The number of alkyl halides is 3. The molecule has 0 saturated heterocycles. The summed E-state index contributed by atoms with van der Waals surface area (Å²) in [6, 6.07) is 13.1. The number of alkyl carbamates (subject to hydrolysis) is 1. The fourth-order valence-corrected chi connectivity index (χ4v) is 3.34. The Balaban J connectivity index is 1.52. The van der Waals surface area contributed by atoms with E-state index in [1.807, 2.05) is 30.3 Å². The van der Waals surface area contributed by atoms with Crippen molar-refractivity contribution in [3.8, 4) is 0 Å². The molecule has 1 aliphatic carbocycles. The minimum Gasteiger partial charge on any atom is -0.445 e. The van der Waals surface area contributed by atoms with Crippen molar-refractivity contribution < 1.29 is 27.5 Å². The first-order valence-corrected chi connectivity index (χ1v) is 9.28. The van der Waals surface area contributed by atoms with Gasteiger partial charge in [-0.2, -0.15) is 13.2 Å². The first kappa shape index (κ1) is 20.7. The summed E-state index contributed by atoms with van der Waals surface area (Å²) in [7, 11) is 0. The number of benzene rings is 2. The summed E-state index contributed by atoms with van der Waals surface area (Å²) in [4.78, 5) is 24.6. The molecule has 1 saturated carbocycles. The lowest BCUT2D eigenvalue weighted by Gasteiger charge is -2.20. The van der Waals surface area contributed by atoms with Gasteiger partial charge in [0.1, 0.15) is 6.61 Å². The highest BCUT2D eigenvalue weighted by Gasteiger charge is 2.35. The Morgan fingerprint density at radius 2 is 1.69 bits per heavy atom. The molecule has 5 nitrogen and oxygen atoms in total. The van der Waals surface area contributed by atoms with Crippen LogP contribution in [0.2, 0.25) is 0 Å². The Kier molecular flexibility index (Phi) is 6.41. The van der Waals surface area contributed by atoms with Gasteiger partial charge in [-0.1, -0.05) is 36.8 Å². The molecule has 0 aromatic heterocycles. The number of nitrogens with one attached hydrogen (secondary N) is 2. The minimum absolute atomic E-state index is 0.127. The van der Waals surface area contributed by atoms with E-state index in [-0.39, 0.29) is 24.2 Å². The Bertz CT molecular complexity index is 838. The standard InChI is InChI=1S/C21H21F3N2O3/c22-21(23,24)15-9-11-16(12-10-15)25-19(27)17-7-4-8-18(17)26-20(28)29-13-14-5-2-1-3-6-14/h1-3,5-6,9-12,17-18H,4,7-8,13H2,(H,25,27)(H,26,28). The molecule has 2 aromatic rings. The van der Waals surface area contributed by atoms with Crippen LogP contribution in [0.4, 0.5) is 23.7 Å². The van der Waals surface area contributed by atoms with Crippen LogP contribution in [-0.4, -0.2) is 18.0 Å². The van der Waals surface area contributed by atoms with E-state index in [0.717, 1.165) is 24.1 Å². The first-order valence-electron chi connectivity index (χ1n) is 9.28. The van der Waals surface area contributed by atoms with Gasteiger partial charge in [0, 0.05) is 11.7 Å². The zero-order valence-corrected chi connectivity index (χ0v) is 15.5. The maximum absolute atomic E-state index is 12.6. The second-order valence-corrected chi connectivity index (χ2v) is 6.91. The predicted octanol–water partition coefficient (Wildman–Crippen LogP) is 4.74. The number of amides is 2. The molecule has 1 fully saturated rings. The Labute approximate surface area is 166 Å². The largest absolute Gasteiger partial charge is 0.445 e. The van der Waals surface area contributed by atoms with Gasteiger partial charge in [-0.25, -0.2) is 4.79 Å². The fourth-order valence-electron chi connectivity index (χ4n) is 3.34. The van der Waals surface area contributed by atoms with E-state index >= 15 is 0 Å². The number of halogens is 3. The molecule has 2 unspecified atom stereocenters. The molecule has 0 radical (unpaired) electrons. The van der Waals surface area contributed by atoms with Gasteiger partial charge in [0.2, 0.25) is 5.91 Å². The van der Waals surface area contributed by atoms with Crippen molar-refractivity contribution >= 4 is 17.7 Å². The van der Waals surface area contributed by atoms with Gasteiger partial charge in [-0.3, -0.25) is 4.79 Å². The van der Waals surface area contributed by atoms with Crippen LogP contribution in [0, 0.1) is 5.92 Å². The van der Waals surface area contributed by atoms with Crippen LogP contribution >= 0.6 is 0 Å². The number of ether oxygens (including phenoxy) is 1. The summed E-state index contributed by atoms with van der Waals surface area (Å²) >= 11 is 0. The molecule has 2 aromatic carbocycles. The van der Waals surface area contributed by atoms with Crippen LogP contribution in [0.15, 0.2) is 54.6 Å². The van der Waals surface area contributed by atoms with E-state index in [2.05, 4.69) is 10.6 Å². The summed E-state index contributed by atoms with van der Waals surface area (Å²) in [5.41, 5.74) is 0.350. The Morgan fingerprint density at radius 3 is 2.34 bits per heavy atom. The van der Waals surface area contributed by atoms with Gasteiger partial charge in [0.05, 0.1) is 11.5 Å². The number of anilines is 1. The van der Waals surface area contributed by atoms with E-state index < -0.39 is 23.8 Å². The molecule has 29 heavy (non-hydrogen) atoms. The van der Waals surface area contributed by atoms with Crippen molar-refractivity contribution in [3.63, 3.8) is 0 Å². The second kappa shape index (κ2) is 8.98. The third-order valence-electron chi connectivity index (χ3n) is 4.85. The van der Waals surface area contributed by atoms with E-state index in [9.17, 15) is 22.8 Å². The number of hydrogen-bond acceptors (Lipinski definition) is 3. The molecule has 3 rings (SSSR count). The van der Waals surface area contributed by atoms with Gasteiger partial charge in [-0.05, 0) is 42.7 Å². The van der Waals surface area contributed by atoms with Gasteiger partial charge >= 0.3 is 12.3 Å². The van der Waals surface area contributed by atoms with Crippen LogP contribution in [-0.2, 0) is 22.3 Å². The second-order valence-electron chi connectivity index (χ2n) is 6.91. The lowest BCUT2D eigenvalue weighted by Crippen LogP contribution is -2.42. The van der Waals surface area contributed by atoms with Crippen LogP contribution in [0.3, 0.4) is 0 Å². The summed E-state index contributed by atoms with van der Waals surface area (Å²) in [5.74, 6) is -0.808. The summed E-state index contributed by atoms with van der Waals surface area (Å²) in [6.45, 7) is 0.127. The van der Waals surface area contributed by atoms with Crippen molar-refractivity contribution in [3.05, 3.63) is 65.7 Å². The Hall–Kier alpha value is -3.03. The molecule has 0 spiro atoms. The molecule has 2 N–H and O–H groups in total. The molecule has 0 heterocycles. The lowest BCUT2D eigenvalue weighted by atomic mass is 10.0. The molecular formula is C21H21F3N2O3. The highest BCUT2D eigenvalue weighted by atomic mass is 19.4. The molecular weight excluding hydrogens is 385 g/mol. The smallest absolute Gasteiger partial charge is 0.416 e. The number of hydrogen-bond donors (Lipinski definition) is 2. The number of carbonyl (C=O) groups is 2. The topological polar surface area (TPSA) is 67.4 Å². The van der Waals surface area contributed by atoms with Gasteiger partial charge in [-0.15, -0.1) is 0 Å². The first-order chi connectivity index (χ1) is 13.8. The van der Waals surface area contributed by atoms with Crippen molar-refractivity contribution in [1.82, 2.24) is 5.32 Å². The highest BCUT2D eigenvalue weighted by molar-refractivity contribution is 5.93. The summed E-state index contributed by atoms with van der Waals surface area (Å²) in [6.07, 6.45) is -3.06. The maximum Gasteiger partial charge on any atom is 0.416 e. The molecule has 0 bridgehead atoms. The van der Waals surface area contributed by atoms with Crippen molar-refractivity contribution in [2.24, 2.45) is 5.92 Å². The van der Waals surface area contributed by atoms with E-state index in [0.29, 0.717) is 12.8 Å². The predicted molar refractivity (Wildman–Crippen MR) is 101 cm³/mol. The van der Waals surface area contributed by atoms with Crippen LogP contribution in [0.5, 0.6) is 0 Å². The molecule has 2 amide bonds. The molecule has 8 heteroatoms. The average molecular weight is 406 g/mol. The third kappa shape index (κ3) is 5.73. The van der Waals surface area contributed by atoms with Crippen molar-refractivity contribution in [1.29, 1.82) is 0 Å². The molecule has 0 aliphatic heterocycles. The van der Waals surface area contributed by atoms with Gasteiger partial charge in [0.15, 0.2) is 0 Å². The minimum atomic E-state index is -4.43. The zero-order valence-electron chi connectivity index (χ0n) is 15.5. The monoisotopic (exact) mass is 406 g/mol. The fraction of sp³-hybridized carbons (Fsp3) is 0.333. The van der Waals surface area contributed by atoms with Crippen molar-refractivity contribution in [2.45, 2.75) is 38.1 Å². The van der Waals surface area contributed by atoms with Crippen LogP contribution in [0.25, 0.3) is 0 Å². The third-order valence-corrected chi connectivity index (χ3v) is 4.85. The Morgan fingerprint density at radius 1 is 1.00 bits per heavy atom. The van der Waals surface area contributed by atoms with Crippen LogP contribution in [0.1, 0.15) is 30.4 Å². The number of rotatable bonds is 5. The van der Waals surface area contributed by atoms with Gasteiger partial charge < -0.3 is 15.4 Å². The van der Waals surface area contributed by atoms with E-state index in [1.165, 1.54) is 12.1 Å². The lowest BCUT2D eigenvalue weighted by molar-refractivity contribution is -0.137. The zero-order chi connectivity index (χ0) is 20.9. The maximum atomic E-state index is 12.6. The quantitative estimate of drug-likeness (QED) is 0.754. The normalized spacial score (nSPS) is 18.9. The molecule has 154 valence electrons. The van der Waals surface area contributed by atoms with Crippen LogP contribution < -0.4 is 10.6 Å². The SMILES string of the molecule is O=C(NC1CCCC1C(=O)Nc1ccc(C(F)(F)F)cc1)OCc1ccccc1. The number of carbonyl (C=O) groups excluding carboxylic acids is 2. The average Bonchev–Trinajstić information content (AvgIpc) is 3.15. The molecule has 2 atom stereocenters. The highest BCUT2D eigenvalue weighted by Crippen LogP contribution is 2.31. The van der Waals surface area contributed by atoms with E-state index in [4.69, 9.17) is 4.74 Å². The van der Waals surface area contributed by atoms with Crippen molar-refractivity contribution in [2.75, 3.05) is 5.32 Å². The summed E-state index contributed by atoms with van der Waals surface area (Å²) < 4.78 is 43.1.